The van der Waals surface area contributed by atoms with Gasteiger partial charge in [0.1, 0.15) is 35.4 Å². The van der Waals surface area contributed by atoms with Crippen LogP contribution in [-0.2, 0) is 9.59 Å². The van der Waals surface area contributed by atoms with Crippen molar-refractivity contribution >= 4 is 58.7 Å². The Morgan fingerprint density at radius 2 is 2.09 bits per heavy atom. The lowest BCUT2D eigenvalue weighted by atomic mass is 10.1. The van der Waals surface area contributed by atoms with Crippen LogP contribution in [0.5, 0.6) is 5.75 Å². The lowest BCUT2D eigenvalue weighted by Crippen LogP contribution is -2.26. The molecule has 2 aromatic carbocycles. The number of hydrazine groups is 1. The van der Waals surface area contributed by atoms with Gasteiger partial charge in [-0.3, -0.25) is 14.6 Å². The largest absolute Gasteiger partial charge is 0.481 e. The molecule has 1 unspecified atom stereocenters. The highest BCUT2D eigenvalue weighted by atomic mass is 35.5. The van der Waals surface area contributed by atoms with Crippen molar-refractivity contribution in [1.29, 1.82) is 0 Å². The number of aldehydes is 2. The van der Waals surface area contributed by atoms with Crippen LogP contribution in [-0.4, -0.2) is 54.0 Å². The second kappa shape index (κ2) is 13.7. The van der Waals surface area contributed by atoms with Gasteiger partial charge in [0.15, 0.2) is 17.9 Å². The predicted octanol–water partition coefficient (Wildman–Crippen LogP) is 4.71. The fourth-order valence-corrected chi connectivity index (χ4v) is 4.98. The van der Waals surface area contributed by atoms with Gasteiger partial charge in [-0.1, -0.05) is 23.2 Å². The summed E-state index contributed by atoms with van der Waals surface area (Å²) < 4.78 is 35.8. The van der Waals surface area contributed by atoms with E-state index in [-0.39, 0.29) is 46.0 Å². The predicted molar refractivity (Wildman–Crippen MR) is 163 cm³/mol. The summed E-state index contributed by atoms with van der Waals surface area (Å²) in [6.07, 6.45) is 4.54. The zero-order valence-electron chi connectivity index (χ0n) is 23.1. The van der Waals surface area contributed by atoms with Crippen molar-refractivity contribution in [2.45, 2.75) is 18.9 Å². The van der Waals surface area contributed by atoms with Gasteiger partial charge in [-0.15, -0.1) is 0 Å². The smallest absolute Gasteiger partial charge is 0.219 e. The van der Waals surface area contributed by atoms with E-state index in [9.17, 15) is 9.59 Å². The molecule has 1 aromatic heterocycles. The number of nitrogens with one attached hydrogen (secondary N) is 2. The molecule has 2 heterocycles. The summed E-state index contributed by atoms with van der Waals surface area (Å²) in [5.41, 5.74) is 6.57. The maximum Gasteiger partial charge on any atom is 0.219 e. The van der Waals surface area contributed by atoms with Crippen molar-refractivity contribution < 1.29 is 23.1 Å². The summed E-state index contributed by atoms with van der Waals surface area (Å²) in [6, 6.07) is 7.25. The minimum Gasteiger partial charge on any atom is -0.481 e. The Kier molecular flexibility index (Phi) is 10.0. The van der Waals surface area contributed by atoms with Crippen molar-refractivity contribution in [3.8, 4) is 17.0 Å². The van der Waals surface area contributed by atoms with Gasteiger partial charge in [-0.25, -0.2) is 20.2 Å². The fraction of sp³-hybridized carbons (Fsp3) is 0.214. The molecule has 11 nitrogen and oxygen atoms in total. The van der Waals surface area contributed by atoms with E-state index < -0.39 is 17.8 Å². The van der Waals surface area contributed by atoms with Crippen LogP contribution >= 0.6 is 23.2 Å². The number of H-pyrrole nitrogens is 1. The number of ether oxygens (including phenoxy) is 1. The molecule has 1 aliphatic rings. The van der Waals surface area contributed by atoms with E-state index in [4.69, 9.17) is 44.5 Å². The van der Waals surface area contributed by atoms with Crippen LogP contribution in [0.1, 0.15) is 30.3 Å². The molecule has 15 heteroatoms. The van der Waals surface area contributed by atoms with Gasteiger partial charge in [0, 0.05) is 42.7 Å². The number of imidazole rings is 1. The van der Waals surface area contributed by atoms with Crippen molar-refractivity contribution in [2.24, 2.45) is 16.6 Å². The highest BCUT2D eigenvalue weighted by Gasteiger charge is 2.32. The molecular weight excluding hydrogens is 605 g/mol. The minimum absolute atomic E-state index is 0.0679. The Balaban J connectivity index is 1.68. The number of carbonyl (C=O) groups excluding carboxylic acids is 2. The first-order valence-corrected chi connectivity index (χ1v) is 13.6. The number of nitrogens with zero attached hydrogens (tertiary/aromatic N) is 4. The third-order valence-electron chi connectivity index (χ3n) is 6.68. The van der Waals surface area contributed by atoms with Crippen molar-refractivity contribution in [3.05, 3.63) is 75.9 Å². The molecule has 226 valence electrons. The number of aromatic nitrogens is 2. The molecule has 0 aliphatic carbocycles. The number of rotatable bonds is 11. The number of hydrogen-bond acceptors (Lipinski definition) is 9. The number of amidine groups is 1. The number of nitrogens with two attached hydrogens (primary N) is 2. The number of benzene rings is 2. The Labute approximate surface area is 255 Å². The number of halogens is 4. The van der Waals surface area contributed by atoms with Gasteiger partial charge < -0.3 is 25.7 Å². The summed E-state index contributed by atoms with van der Waals surface area (Å²) in [5.74, 6) is 4.99. The van der Waals surface area contributed by atoms with Crippen LogP contribution in [0.15, 0.2) is 52.8 Å². The molecule has 0 saturated carbocycles. The van der Waals surface area contributed by atoms with E-state index in [0.29, 0.717) is 47.5 Å². The highest BCUT2D eigenvalue weighted by molar-refractivity contribution is 6.31. The standard InChI is InChI=1S/C28H28Cl2F2N8O3/c1-35-19-5-4-16(24(31)26(19)43-12-11-42)25-27(32)38-28(37-25)21-7-8-23(39(21)2)36-18(9-10-41)17-13-15(29)3-6-20(17)40(34)14-22(30)33/h3-6,9-11,13-14,21,35H,7-8,12,33-34H2,1-2H3,(H,37,38)/b18-9-,22-14-,36-23?. The average molecular weight is 633 g/mol. The molecule has 0 bridgehead atoms. The van der Waals surface area contributed by atoms with Gasteiger partial charge >= 0.3 is 0 Å². The number of allylic oxidation sites excluding steroid dienone is 1. The normalized spacial score (nSPS) is 16.5. The zero-order valence-corrected chi connectivity index (χ0v) is 24.6. The number of anilines is 2. The summed E-state index contributed by atoms with van der Waals surface area (Å²) in [7, 11) is 3.31. The van der Waals surface area contributed by atoms with E-state index in [2.05, 4.69) is 15.3 Å². The first-order valence-electron chi connectivity index (χ1n) is 12.8. The molecule has 43 heavy (non-hydrogen) atoms. The van der Waals surface area contributed by atoms with Crippen LogP contribution in [0.4, 0.5) is 20.2 Å². The molecule has 0 radical (unpaired) electrons. The van der Waals surface area contributed by atoms with Crippen LogP contribution in [0, 0.1) is 11.8 Å². The van der Waals surface area contributed by atoms with E-state index in [0.717, 1.165) is 0 Å². The third kappa shape index (κ3) is 6.79. The lowest BCUT2D eigenvalue weighted by molar-refractivity contribution is -0.109. The molecule has 0 spiro atoms. The summed E-state index contributed by atoms with van der Waals surface area (Å²) in [6.45, 7) is -0.379. The molecule has 3 aromatic rings. The maximum atomic E-state index is 15.4. The fourth-order valence-electron chi connectivity index (χ4n) is 4.70. The Hall–Kier alpha value is -4.46. The Morgan fingerprint density at radius 1 is 1.33 bits per heavy atom. The number of aliphatic imine (C=N–C) groups is 1. The number of aromatic amines is 1. The molecule has 1 saturated heterocycles. The third-order valence-corrected chi connectivity index (χ3v) is 7.01. The van der Waals surface area contributed by atoms with Gasteiger partial charge in [0.25, 0.3) is 0 Å². The maximum absolute atomic E-state index is 15.4. The second-order valence-corrected chi connectivity index (χ2v) is 10.2. The van der Waals surface area contributed by atoms with Crippen LogP contribution in [0.3, 0.4) is 0 Å². The van der Waals surface area contributed by atoms with Crippen molar-refractivity contribution in [3.63, 3.8) is 0 Å². The van der Waals surface area contributed by atoms with E-state index in [1.807, 2.05) is 0 Å². The van der Waals surface area contributed by atoms with Crippen LogP contribution in [0.2, 0.25) is 5.02 Å². The topological polar surface area (TPSA) is 155 Å². The minimum atomic E-state index is -0.867. The monoisotopic (exact) mass is 632 g/mol. The van der Waals surface area contributed by atoms with Crippen molar-refractivity contribution in [2.75, 3.05) is 31.0 Å². The van der Waals surface area contributed by atoms with Gasteiger partial charge in [0.05, 0.1) is 29.3 Å². The van der Waals surface area contributed by atoms with Crippen LogP contribution < -0.4 is 26.6 Å². The van der Waals surface area contributed by atoms with E-state index in [1.54, 1.807) is 37.2 Å². The zero-order chi connectivity index (χ0) is 31.3. The first-order chi connectivity index (χ1) is 20.6. The molecule has 1 fully saturated rings. The molecule has 6 N–H and O–H groups in total. The second-order valence-electron chi connectivity index (χ2n) is 9.28. The summed E-state index contributed by atoms with van der Waals surface area (Å²) >= 11 is 12.0. The average Bonchev–Trinajstić information content (AvgIpc) is 3.52. The molecular formula is C28H28Cl2F2N8O3. The summed E-state index contributed by atoms with van der Waals surface area (Å²) in [5, 5.41) is 4.26. The Morgan fingerprint density at radius 3 is 2.77 bits per heavy atom. The van der Waals surface area contributed by atoms with E-state index >= 15 is 8.78 Å². The van der Waals surface area contributed by atoms with Crippen LogP contribution in [0.25, 0.3) is 17.0 Å². The molecule has 0 amide bonds. The first kappa shape index (κ1) is 31.5. The summed E-state index contributed by atoms with van der Waals surface area (Å²) in [4.78, 5) is 35.9. The highest BCUT2D eigenvalue weighted by Crippen LogP contribution is 2.38. The van der Waals surface area contributed by atoms with Crippen molar-refractivity contribution in [1.82, 2.24) is 14.9 Å². The number of carbonyl (C=O) groups is 2. The molecule has 1 atom stereocenters. The number of likely N-dealkylation sites (tertiary alicyclic amines) is 1. The molecule has 1 aliphatic heterocycles. The Bertz CT molecular complexity index is 1620. The lowest BCUT2D eigenvalue weighted by Gasteiger charge is -2.22. The van der Waals surface area contributed by atoms with E-state index in [1.165, 1.54) is 29.4 Å². The van der Waals surface area contributed by atoms with Gasteiger partial charge in [-0.05, 0) is 36.8 Å². The van der Waals surface area contributed by atoms with Gasteiger partial charge in [-0.2, -0.15) is 4.39 Å². The quantitative estimate of drug-likeness (QED) is 0.0773. The number of hydrogen-bond donors (Lipinski definition) is 4. The molecule has 4 rings (SSSR count). The van der Waals surface area contributed by atoms with Gasteiger partial charge in [0.2, 0.25) is 5.95 Å². The SMILES string of the molecule is CNc1ccc(-c2nc(C3CCC(=N/C(=C\C=O)c4cc(Cl)ccc4N(N)/C=C(\N)Cl)N3C)[nH]c2F)c(F)c1OCC=O.